The molecule has 4 rings (SSSR count). The van der Waals surface area contributed by atoms with Gasteiger partial charge < -0.3 is 9.47 Å². The number of hydrogen-bond donors (Lipinski definition) is 0. The van der Waals surface area contributed by atoms with E-state index >= 15 is 0 Å². The van der Waals surface area contributed by atoms with E-state index in [2.05, 4.69) is 51.0 Å². The molecule has 0 bridgehead atoms. The molecule has 4 nitrogen and oxygen atoms in total. The van der Waals surface area contributed by atoms with Crippen LogP contribution >= 0.6 is 0 Å². The van der Waals surface area contributed by atoms with Crippen LogP contribution in [0.25, 0.3) is 0 Å². The fourth-order valence-corrected chi connectivity index (χ4v) is 4.44. The summed E-state index contributed by atoms with van der Waals surface area (Å²) in [6.45, 7) is 11.3. The molecule has 0 radical (unpaired) electrons. The normalized spacial score (nSPS) is 20.8. The lowest BCUT2D eigenvalue weighted by molar-refractivity contribution is 0.0850. The lowest BCUT2D eigenvalue weighted by atomic mass is 9.84. The van der Waals surface area contributed by atoms with Crippen molar-refractivity contribution in [2.45, 2.75) is 71.3 Å². The molecule has 150 valence electrons. The molecule has 0 amide bonds. The van der Waals surface area contributed by atoms with Gasteiger partial charge in [0.15, 0.2) is 0 Å². The van der Waals surface area contributed by atoms with Crippen LogP contribution in [0.2, 0.25) is 0 Å². The average Bonchev–Trinajstić information content (AvgIpc) is 2.72. The van der Waals surface area contributed by atoms with Gasteiger partial charge in [-0.2, -0.15) is 0 Å². The second kappa shape index (κ2) is 8.20. The third kappa shape index (κ3) is 3.80. The van der Waals surface area contributed by atoms with Gasteiger partial charge in [-0.3, -0.25) is 9.97 Å². The van der Waals surface area contributed by atoms with Crippen molar-refractivity contribution in [1.82, 2.24) is 9.97 Å². The largest absolute Gasteiger partial charge is 0.491 e. The molecule has 3 atom stereocenters. The molecule has 2 aliphatic heterocycles. The van der Waals surface area contributed by atoms with Crippen molar-refractivity contribution in [2.75, 3.05) is 13.2 Å². The number of aromatic nitrogens is 2. The minimum Gasteiger partial charge on any atom is -0.491 e. The SMILES string of the molecule is CC(C)C(C)c1cnc2c(c1)COCC2C[C@@H](C)c1ccnc2c1OCCC2. The summed E-state index contributed by atoms with van der Waals surface area (Å²) in [4.78, 5) is 9.44. The van der Waals surface area contributed by atoms with Gasteiger partial charge in [0.05, 0.1) is 31.2 Å². The summed E-state index contributed by atoms with van der Waals surface area (Å²) in [5.74, 6) is 2.85. The topological polar surface area (TPSA) is 44.2 Å². The first-order valence-corrected chi connectivity index (χ1v) is 10.7. The van der Waals surface area contributed by atoms with E-state index in [-0.39, 0.29) is 0 Å². The Morgan fingerprint density at radius 3 is 2.86 bits per heavy atom. The molecule has 28 heavy (non-hydrogen) atoms. The van der Waals surface area contributed by atoms with Gasteiger partial charge in [0, 0.05) is 23.9 Å². The van der Waals surface area contributed by atoms with Gasteiger partial charge in [-0.15, -0.1) is 0 Å². The maximum absolute atomic E-state index is 5.99. The number of ether oxygens (including phenoxy) is 2. The Morgan fingerprint density at radius 2 is 2.04 bits per heavy atom. The van der Waals surface area contributed by atoms with Crippen LogP contribution in [0.1, 0.15) is 86.4 Å². The lowest BCUT2D eigenvalue weighted by Crippen LogP contribution is -2.21. The number of aryl methyl sites for hydroxylation is 1. The van der Waals surface area contributed by atoms with Crippen LogP contribution in [0.15, 0.2) is 24.5 Å². The summed E-state index contributed by atoms with van der Waals surface area (Å²) in [5, 5.41) is 0. The molecular formula is C24H32N2O2. The monoisotopic (exact) mass is 380 g/mol. The molecule has 0 saturated heterocycles. The van der Waals surface area contributed by atoms with E-state index in [1.54, 1.807) is 0 Å². The van der Waals surface area contributed by atoms with Crippen molar-refractivity contribution < 1.29 is 9.47 Å². The maximum atomic E-state index is 5.99. The van der Waals surface area contributed by atoms with E-state index in [1.807, 2.05) is 6.20 Å². The molecule has 2 aromatic rings. The standard InChI is InChI=1S/C24H32N2O2/c1-15(2)17(4)18-11-20-14-27-13-19(23(20)26-12-18)10-16(3)21-7-8-25-22-6-5-9-28-24(21)22/h7-8,11-12,15-17,19H,5-6,9-10,13-14H2,1-4H3/t16-,17?,19?/m1/s1. The highest BCUT2D eigenvalue weighted by atomic mass is 16.5. The smallest absolute Gasteiger partial charge is 0.144 e. The third-order valence-corrected chi connectivity index (χ3v) is 6.49. The summed E-state index contributed by atoms with van der Waals surface area (Å²) in [7, 11) is 0. The number of fused-ring (bicyclic) bond motifs is 2. The van der Waals surface area contributed by atoms with Crippen LogP contribution in [0.5, 0.6) is 5.75 Å². The van der Waals surface area contributed by atoms with Gasteiger partial charge in [-0.05, 0) is 60.3 Å². The molecule has 0 aromatic carbocycles. The van der Waals surface area contributed by atoms with Crippen LogP contribution in [-0.4, -0.2) is 23.2 Å². The Balaban J connectivity index is 1.56. The molecule has 2 aliphatic rings. The van der Waals surface area contributed by atoms with Crippen molar-refractivity contribution in [3.05, 3.63) is 52.6 Å². The summed E-state index contributed by atoms with van der Waals surface area (Å²) < 4.78 is 12.0. The molecule has 0 spiro atoms. The summed E-state index contributed by atoms with van der Waals surface area (Å²) in [6, 6.07) is 4.45. The van der Waals surface area contributed by atoms with Gasteiger partial charge in [-0.25, -0.2) is 0 Å². The molecular weight excluding hydrogens is 348 g/mol. The first-order valence-electron chi connectivity index (χ1n) is 10.7. The van der Waals surface area contributed by atoms with Crippen LogP contribution in [-0.2, 0) is 17.8 Å². The Morgan fingerprint density at radius 1 is 1.18 bits per heavy atom. The van der Waals surface area contributed by atoms with Gasteiger partial charge in [-0.1, -0.05) is 27.7 Å². The second-order valence-electron chi connectivity index (χ2n) is 8.82. The minimum atomic E-state index is 0.328. The third-order valence-electron chi connectivity index (χ3n) is 6.49. The minimum absolute atomic E-state index is 0.328. The van der Waals surface area contributed by atoms with Crippen molar-refractivity contribution in [1.29, 1.82) is 0 Å². The quantitative estimate of drug-likeness (QED) is 0.699. The molecule has 0 N–H and O–H groups in total. The van der Waals surface area contributed by atoms with Crippen LogP contribution in [0.4, 0.5) is 0 Å². The Labute approximate surface area is 168 Å². The van der Waals surface area contributed by atoms with Gasteiger partial charge >= 0.3 is 0 Å². The number of pyridine rings is 2. The Hall–Kier alpha value is -1.94. The van der Waals surface area contributed by atoms with E-state index in [1.165, 1.54) is 22.4 Å². The summed E-state index contributed by atoms with van der Waals surface area (Å²) in [6.07, 6.45) is 7.11. The van der Waals surface area contributed by atoms with Gasteiger partial charge in [0.2, 0.25) is 0 Å². The van der Waals surface area contributed by atoms with Crippen LogP contribution in [0, 0.1) is 5.92 Å². The van der Waals surface area contributed by atoms with Crippen molar-refractivity contribution in [2.24, 2.45) is 5.92 Å². The summed E-state index contributed by atoms with van der Waals surface area (Å²) >= 11 is 0. The number of nitrogens with zero attached hydrogens (tertiary/aromatic N) is 2. The van der Waals surface area contributed by atoms with E-state index in [0.29, 0.717) is 30.3 Å². The fraction of sp³-hybridized carbons (Fsp3) is 0.583. The second-order valence-corrected chi connectivity index (χ2v) is 8.82. The zero-order chi connectivity index (χ0) is 19.7. The van der Waals surface area contributed by atoms with Crippen LogP contribution in [0.3, 0.4) is 0 Å². The molecule has 2 aromatic heterocycles. The van der Waals surface area contributed by atoms with Gasteiger partial charge in [0.1, 0.15) is 5.75 Å². The zero-order valence-electron chi connectivity index (χ0n) is 17.6. The molecule has 0 fully saturated rings. The maximum Gasteiger partial charge on any atom is 0.144 e. The highest BCUT2D eigenvalue weighted by molar-refractivity contribution is 5.41. The number of hydrogen-bond acceptors (Lipinski definition) is 4. The number of rotatable bonds is 5. The Kier molecular flexibility index (Phi) is 5.68. The molecule has 4 heteroatoms. The fourth-order valence-electron chi connectivity index (χ4n) is 4.44. The molecule has 0 aliphatic carbocycles. The van der Waals surface area contributed by atoms with Crippen LogP contribution < -0.4 is 4.74 Å². The van der Waals surface area contributed by atoms with Crippen molar-refractivity contribution in [3.8, 4) is 5.75 Å². The van der Waals surface area contributed by atoms with E-state index in [4.69, 9.17) is 14.5 Å². The first kappa shape index (κ1) is 19.4. The lowest BCUT2D eigenvalue weighted by Gasteiger charge is -2.29. The van der Waals surface area contributed by atoms with Crippen molar-refractivity contribution in [3.63, 3.8) is 0 Å². The molecule has 0 saturated carbocycles. The zero-order valence-corrected chi connectivity index (χ0v) is 17.6. The average molecular weight is 381 g/mol. The predicted octanol–water partition coefficient (Wildman–Crippen LogP) is 5.37. The van der Waals surface area contributed by atoms with Crippen molar-refractivity contribution >= 4 is 0 Å². The molecule has 4 heterocycles. The highest BCUT2D eigenvalue weighted by Gasteiger charge is 2.28. The highest BCUT2D eigenvalue weighted by Crippen LogP contribution is 2.39. The molecule has 2 unspecified atom stereocenters. The van der Waals surface area contributed by atoms with Gasteiger partial charge in [0.25, 0.3) is 0 Å². The predicted molar refractivity (Wildman–Crippen MR) is 111 cm³/mol. The van der Waals surface area contributed by atoms with E-state index in [0.717, 1.165) is 43.9 Å². The van der Waals surface area contributed by atoms with E-state index in [9.17, 15) is 0 Å². The first-order chi connectivity index (χ1) is 13.5. The van der Waals surface area contributed by atoms with E-state index < -0.39 is 0 Å². The Bertz CT molecular complexity index is 833. The summed E-state index contributed by atoms with van der Waals surface area (Å²) in [5.41, 5.74) is 6.20.